The molecule has 30 heavy (non-hydrogen) atoms. The third-order valence-electron chi connectivity index (χ3n) is 5.06. The topological polar surface area (TPSA) is 66.5 Å². The maximum absolute atomic E-state index is 13.4. The van der Waals surface area contributed by atoms with Crippen molar-refractivity contribution < 1.29 is 13.2 Å². The van der Waals surface area contributed by atoms with Crippen molar-refractivity contribution in [2.75, 3.05) is 16.2 Å². The van der Waals surface area contributed by atoms with Gasteiger partial charge < -0.3 is 5.32 Å². The first-order valence-electron chi connectivity index (χ1n) is 9.70. The van der Waals surface area contributed by atoms with Crippen LogP contribution < -0.4 is 9.62 Å². The molecule has 5 nitrogen and oxygen atoms in total. The quantitative estimate of drug-likeness (QED) is 0.623. The van der Waals surface area contributed by atoms with Gasteiger partial charge in [-0.25, -0.2) is 8.42 Å². The first-order valence-corrected chi connectivity index (χ1v) is 11.1. The van der Waals surface area contributed by atoms with Gasteiger partial charge in [-0.15, -0.1) is 0 Å². The van der Waals surface area contributed by atoms with Crippen LogP contribution in [-0.4, -0.2) is 20.9 Å². The van der Waals surface area contributed by atoms with Crippen molar-refractivity contribution in [1.82, 2.24) is 0 Å². The summed E-state index contributed by atoms with van der Waals surface area (Å²) in [5.41, 5.74) is 5.00. The van der Waals surface area contributed by atoms with E-state index in [2.05, 4.69) is 5.32 Å². The van der Waals surface area contributed by atoms with Gasteiger partial charge in [0.2, 0.25) is 5.91 Å². The standard InChI is InChI=1S/C24H26N2O3S/c1-17-11-13-22(14-12-17)30(28,29)26(21-9-5-7-18(2)15-21)16-24(27)25-23-10-6-8-19(3)20(23)4/h5-15H,16H2,1-4H3,(H,25,27). The molecule has 0 saturated heterocycles. The molecule has 3 rings (SSSR count). The average Bonchev–Trinajstić information content (AvgIpc) is 2.70. The van der Waals surface area contributed by atoms with Gasteiger partial charge in [0.25, 0.3) is 10.0 Å². The normalized spacial score (nSPS) is 11.2. The number of nitrogens with one attached hydrogen (secondary N) is 1. The van der Waals surface area contributed by atoms with E-state index in [1.54, 1.807) is 42.5 Å². The molecule has 0 aromatic heterocycles. The first-order chi connectivity index (χ1) is 14.2. The molecule has 0 fully saturated rings. The summed E-state index contributed by atoms with van der Waals surface area (Å²) < 4.78 is 28.0. The van der Waals surface area contributed by atoms with Crippen LogP contribution in [0.15, 0.2) is 71.6 Å². The lowest BCUT2D eigenvalue weighted by atomic mass is 10.1. The van der Waals surface area contributed by atoms with Crippen LogP contribution >= 0.6 is 0 Å². The van der Waals surface area contributed by atoms with E-state index >= 15 is 0 Å². The molecule has 0 bridgehead atoms. The summed E-state index contributed by atoms with van der Waals surface area (Å²) in [6.45, 7) is 7.34. The second kappa shape index (κ2) is 8.71. The molecular weight excluding hydrogens is 396 g/mol. The molecule has 1 amide bonds. The summed E-state index contributed by atoms with van der Waals surface area (Å²) in [4.78, 5) is 13.0. The number of hydrogen-bond donors (Lipinski definition) is 1. The minimum Gasteiger partial charge on any atom is -0.324 e. The Morgan fingerprint density at radius 3 is 2.20 bits per heavy atom. The van der Waals surface area contributed by atoms with Crippen LogP contribution in [-0.2, 0) is 14.8 Å². The van der Waals surface area contributed by atoms with Gasteiger partial charge in [0, 0.05) is 5.69 Å². The van der Waals surface area contributed by atoms with E-state index in [9.17, 15) is 13.2 Å². The third-order valence-corrected chi connectivity index (χ3v) is 6.85. The molecule has 156 valence electrons. The molecule has 3 aromatic rings. The number of anilines is 2. The largest absolute Gasteiger partial charge is 0.324 e. The Kier molecular flexibility index (Phi) is 6.27. The summed E-state index contributed by atoms with van der Waals surface area (Å²) in [5, 5.41) is 2.85. The molecule has 0 aliphatic rings. The smallest absolute Gasteiger partial charge is 0.264 e. The Morgan fingerprint density at radius 1 is 0.867 bits per heavy atom. The highest BCUT2D eigenvalue weighted by Gasteiger charge is 2.27. The van der Waals surface area contributed by atoms with Crippen molar-refractivity contribution in [1.29, 1.82) is 0 Å². The van der Waals surface area contributed by atoms with Gasteiger partial charge in [0.1, 0.15) is 6.54 Å². The first kappa shape index (κ1) is 21.6. The van der Waals surface area contributed by atoms with E-state index in [4.69, 9.17) is 0 Å². The molecule has 6 heteroatoms. The molecule has 1 N–H and O–H groups in total. The molecule has 0 saturated carbocycles. The van der Waals surface area contributed by atoms with Crippen LogP contribution in [0, 0.1) is 27.7 Å². The molecule has 0 spiro atoms. The highest BCUT2D eigenvalue weighted by atomic mass is 32.2. The summed E-state index contributed by atoms with van der Waals surface area (Å²) in [6, 6.07) is 19.4. The van der Waals surface area contributed by atoms with E-state index in [-0.39, 0.29) is 11.4 Å². The van der Waals surface area contributed by atoms with Gasteiger partial charge >= 0.3 is 0 Å². The highest BCUT2D eigenvalue weighted by molar-refractivity contribution is 7.92. The zero-order chi connectivity index (χ0) is 21.9. The van der Waals surface area contributed by atoms with Crippen LogP contribution in [0.4, 0.5) is 11.4 Å². The fourth-order valence-electron chi connectivity index (χ4n) is 3.14. The summed E-state index contributed by atoms with van der Waals surface area (Å²) in [6.07, 6.45) is 0. The Labute approximate surface area is 178 Å². The Hall–Kier alpha value is -3.12. The van der Waals surface area contributed by atoms with Crippen molar-refractivity contribution in [3.63, 3.8) is 0 Å². The number of rotatable bonds is 6. The fraction of sp³-hybridized carbons (Fsp3) is 0.208. The van der Waals surface area contributed by atoms with Gasteiger partial charge in [-0.3, -0.25) is 9.10 Å². The van der Waals surface area contributed by atoms with Gasteiger partial charge in [-0.2, -0.15) is 0 Å². The van der Waals surface area contributed by atoms with E-state index < -0.39 is 15.9 Å². The van der Waals surface area contributed by atoms with Crippen molar-refractivity contribution in [2.45, 2.75) is 32.6 Å². The monoisotopic (exact) mass is 422 g/mol. The van der Waals surface area contributed by atoms with Crippen molar-refractivity contribution >= 4 is 27.3 Å². The SMILES string of the molecule is Cc1ccc(S(=O)(=O)N(CC(=O)Nc2cccc(C)c2C)c2cccc(C)c2)cc1. The fourth-order valence-corrected chi connectivity index (χ4v) is 4.56. The maximum Gasteiger partial charge on any atom is 0.264 e. The zero-order valence-corrected chi connectivity index (χ0v) is 18.5. The lowest BCUT2D eigenvalue weighted by Gasteiger charge is -2.25. The summed E-state index contributed by atoms with van der Waals surface area (Å²) in [5.74, 6) is -0.402. The van der Waals surface area contributed by atoms with E-state index in [0.29, 0.717) is 11.4 Å². The Bertz CT molecular complexity index is 1170. The van der Waals surface area contributed by atoms with Gasteiger partial charge in [-0.05, 0) is 74.7 Å². The second-order valence-corrected chi connectivity index (χ2v) is 9.32. The van der Waals surface area contributed by atoms with Crippen molar-refractivity contribution in [2.24, 2.45) is 0 Å². The third kappa shape index (κ3) is 4.71. The number of hydrogen-bond acceptors (Lipinski definition) is 3. The molecule has 0 heterocycles. The average molecular weight is 423 g/mol. The minimum absolute atomic E-state index is 0.147. The zero-order valence-electron chi connectivity index (χ0n) is 17.6. The number of nitrogens with zero attached hydrogens (tertiary/aromatic N) is 1. The van der Waals surface area contributed by atoms with Gasteiger partial charge in [0.15, 0.2) is 0 Å². The number of carbonyl (C=O) groups is 1. The number of amides is 1. The van der Waals surface area contributed by atoms with Gasteiger partial charge in [-0.1, -0.05) is 42.0 Å². The second-order valence-electron chi connectivity index (χ2n) is 7.46. The predicted molar refractivity (Wildman–Crippen MR) is 121 cm³/mol. The molecule has 0 radical (unpaired) electrons. The van der Waals surface area contributed by atoms with E-state index in [0.717, 1.165) is 26.6 Å². The summed E-state index contributed by atoms with van der Waals surface area (Å²) >= 11 is 0. The molecule has 0 aliphatic heterocycles. The van der Waals surface area contributed by atoms with Crippen LogP contribution in [0.5, 0.6) is 0 Å². The summed E-state index contributed by atoms with van der Waals surface area (Å²) in [7, 11) is -3.92. The number of benzene rings is 3. The molecular formula is C24H26N2O3S. The number of sulfonamides is 1. The van der Waals surface area contributed by atoms with Crippen LogP contribution in [0.2, 0.25) is 0 Å². The van der Waals surface area contributed by atoms with Crippen LogP contribution in [0.3, 0.4) is 0 Å². The Balaban J connectivity index is 1.97. The predicted octanol–water partition coefficient (Wildman–Crippen LogP) is 4.75. The van der Waals surface area contributed by atoms with E-state index in [1.807, 2.05) is 52.0 Å². The van der Waals surface area contributed by atoms with E-state index in [1.165, 1.54) is 0 Å². The number of aryl methyl sites for hydroxylation is 3. The van der Waals surface area contributed by atoms with Gasteiger partial charge in [0.05, 0.1) is 10.6 Å². The lowest BCUT2D eigenvalue weighted by molar-refractivity contribution is -0.114. The number of carbonyl (C=O) groups excluding carboxylic acids is 1. The molecule has 0 aliphatic carbocycles. The van der Waals surface area contributed by atoms with Crippen LogP contribution in [0.25, 0.3) is 0 Å². The van der Waals surface area contributed by atoms with Crippen molar-refractivity contribution in [3.05, 3.63) is 89.0 Å². The van der Waals surface area contributed by atoms with Crippen LogP contribution in [0.1, 0.15) is 22.3 Å². The van der Waals surface area contributed by atoms with Crippen molar-refractivity contribution in [3.8, 4) is 0 Å². The maximum atomic E-state index is 13.4. The molecule has 0 atom stereocenters. The Morgan fingerprint density at radius 2 is 1.53 bits per heavy atom. The minimum atomic E-state index is -3.92. The lowest BCUT2D eigenvalue weighted by Crippen LogP contribution is -2.38. The molecule has 3 aromatic carbocycles. The highest BCUT2D eigenvalue weighted by Crippen LogP contribution is 2.25. The molecule has 0 unspecified atom stereocenters.